The molecule has 0 unspecified atom stereocenters. The number of halogens is 1. The molecule has 1 saturated heterocycles. The van der Waals surface area contributed by atoms with Crippen molar-refractivity contribution in [3.8, 4) is 0 Å². The van der Waals surface area contributed by atoms with E-state index in [1.165, 1.54) is 22.5 Å². The van der Waals surface area contributed by atoms with Crippen LogP contribution in [0.3, 0.4) is 0 Å². The first kappa shape index (κ1) is 20.4. The van der Waals surface area contributed by atoms with Gasteiger partial charge in [-0.3, -0.25) is 4.79 Å². The van der Waals surface area contributed by atoms with E-state index in [9.17, 15) is 9.18 Å². The van der Waals surface area contributed by atoms with E-state index in [2.05, 4.69) is 10.2 Å². The maximum absolute atomic E-state index is 14.0. The molecular formula is C21H22FN5O2S. The van der Waals surface area contributed by atoms with Crippen LogP contribution in [0, 0.1) is 5.82 Å². The van der Waals surface area contributed by atoms with Crippen molar-refractivity contribution in [2.24, 2.45) is 0 Å². The maximum atomic E-state index is 14.0. The number of nitrogens with two attached hydrogens (primary N) is 1. The number of aromatic nitrogens is 3. The lowest BCUT2D eigenvalue weighted by molar-refractivity contribution is -0.134. The minimum atomic E-state index is -0.517. The first-order valence-corrected chi connectivity index (χ1v) is 10.5. The van der Waals surface area contributed by atoms with Gasteiger partial charge in [-0.05, 0) is 17.2 Å². The zero-order valence-corrected chi connectivity index (χ0v) is 17.1. The largest absolute Gasteiger partial charge is 0.378 e. The lowest BCUT2D eigenvalue weighted by Crippen LogP contribution is -2.42. The highest BCUT2D eigenvalue weighted by atomic mass is 32.2. The van der Waals surface area contributed by atoms with Gasteiger partial charge in [-0.1, -0.05) is 60.3 Å². The average Bonchev–Trinajstić information content (AvgIpc) is 3.13. The van der Waals surface area contributed by atoms with Crippen LogP contribution >= 0.6 is 11.8 Å². The molecule has 1 amide bonds. The van der Waals surface area contributed by atoms with Crippen LogP contribution in [0.5, 0.6) is 0 Å². The Labute approximate surface area is 178 Å². The van der Waals surface area contributed by atoms with Gasteiger partial charge in [0, 0.05) is 19.5 Å². The zero-order valence-electron chi connectivity index (χ0n) is 16.3. The Morgan fingerprint density at radius 1 is 1.10 bits per heavy atom. The molecule has 1 aliphatic heterocycles. The van der Waals surface area contributed by atoms with Crippen molar-refractivity contribution in [3.63, 3.8) is 0 Å². The Balaban J connectivity index is 1.58. The predicted octanol–water partition coefficient (Wildman–Crippen LogP) is 2.41. The lowest BCUT2D eigenvalue weighted by atomic mass is 10.1. The van der Waals surface area contributed by atoms with Gasteiger partial charge in [-0.15, -0.1) is 10.2 Å². The smallest absolute Gasteiger partial charge is 0.240 e. The Bertz CT molecular complexity index is 1010. The van der Waals surface area contributed by atoms with E-state index in [4.69, 9.17) is 10.6 Å². The highest BCUT2D eigenvalue weighted by Gasteiger charge is 2.30. The molecule has 0 saturated carbocycles. The van der Waals surface area contributed by atoms with Crippen LogP contribution in [0.2, 0.25) is 0 Å². The van der Waals surface area contributed by atoms with E-state index in [1.807, 2.05) is 30.3 Å². The second kappa shape index (κ2) is 9.27. The molecule has 1 aromatic heterocycles. The van der Waals surface area contributed by atoms with Crippen molar-refractivity contribution < 1.29 is 13.9 Å². The van der Waals surface area contributed by atoms with Crippen molar-refractivity contribution in [2.75, 3.05) is 32.1 Å². The molecule has 4 rings (SSSR count). The van der Waals surface area contributed by atoms with Crippen LogP contribution in [-0.4, -0.2) is 52.0 Å². The molecule has 0 radical (unpaired) electrons. The Morgan fingerprint density at radius 3 is 2.53 bits per heavy atom. The summed E-state index contributed by atoms with van der Waals surface area (Å²) in [4.78, 5) is 15.1. The summed E-state index contributed by atoms with van der Waals surface area (Å²) in [5.74, 6) is 6.29. The standard InChI is InChI=1S/C21H22FN5O2S/c22-17-9-5-4-8-16(17)14-18-24-25-21(27(18)23)30-19(15-6-2-1-3-7-15)20(28)26-10-12-29-13-11-26/h1-9,19H,10-14,23H2/t19-/m0/s1. The van der Waals surface area contributed by atoms with Gasteiger partial charge in [-0.2, -0.15) is 0 Å². The van der Waals surface area contributed by atoms with Crippen molar-refractivity contribution in [3.05, 3.63) is 77.4 Å². The van der Waals surface area contributed by atoms with Crippen LogP contribution in [-0.2, 0) is 16.0 Å². The van der Waals surface area contributed by atoms with Crippen molar-refractivity contribution in [1.29, 1.82) is 0 Å². The highest BCUT2D eigenvalue weighted by Crippen LogP contribution is 2.36. The summed E-state index contributed by atoms with van der Waals surface area (Å²) in [5, 5.41) is 8.18. The van der Waals surface area contributed by atoms with Crippen LogP contribution in [0.15, 0.2) is 59.8 Å². The summed E-state index contributed by atoms with van der Waals surface area (Å²) < 4.78 is 20.7. The number of hydrogen-bond acceptors (Lipinski definition) is 6. The number of ether oxygens (including phenoxy) is 1. The molecule has 156 valence electrons. The molecule has 9 heteroatoms. The molecule has 1 atom stereocenters. The summed E-state index contributed by atoms with van der Waals surface area (Å²) in [6.45, 7) is 2.16. The molecule has 7 nitrogen and oxygen atoms in total. The first-order chi connectivity index (χ1) is 14.6. The molecule has 2 N–H and O–H groups in total. The number of carbonyl (C=O) groups excluding carboxylic acids is 1. The van der Waals surface area contributed by atoms with Crippen LogP contribution in [0.25, 0.3) is 0 Å². The van der Waals surface area contributed by atoms with Gasteiger partial charge in [0.15, 0.2) is 5.82 Å². The number of benzene rings is 2. The molecule has 1 fully saturated rings. The minimum Gasteiger partial charge on any atom is -0.378 e. The minimum absolute atomic E-state index is 0.0202. The predicted molar refractivity (Wildman–Crippen MR) is 112 cm³/mol. The first-order valence-electron chi connectivity index (χ1n) is 9.64. The number of rotatable bonds is 6. The zero-order chi connectivity index (χ0) is 20.9. The van der Waals surface area contributed by atoms with E-state index in [1.54, 1.807) is 23.1 Å². The molecule has 2 aromatic carbocycles. The molecule has 0 aliphatic carbocycles. The number of thioether (sulfide) groups is 1. The van der Waals surface area contributed by atoms with Crippen LogP contribution < -0.4 is 5.84 Å². The normalized spacial score (nSPS) is 15.2. The Kier molecular flexibility index (Phi) is 6.29. The number of hydrogen-bond donors (Lipinski definition) is 1. The quantitative estimate of drug-likeness (QED) is 0.480. The number of carbonyl (C=O) groups is 1. The van der Waals surface area contributed by atoms with Crippen molar-refractivity contribution >= 4 is 17.7 Å². The number of nitrogens with zero attached hydrogens (tertiary/aromatic N) is 4. The summed E-state index contributed by atoms with van der Waals surface area (Å²) in [5.41, 5.74) is 1.34. The average molecular weight is 428 g/mol. The van der Waals surface area contributed by atoms with E-state index >= 15 is 0 Å². The summed E-state index contributed by atoms with van der Waals surface area (Å²) >= 11 is 1.24. The monoisotopic (exact) mass is 427 g/mol. The van der Waals surface area contributed by atoms with Gasteiger partial charge in [0.05, 0.1) is 13.2 Å². The molecule has 0 spiro atoms. The van der Waals surface area contributed by atoms with Crippen LogP contribution in [0.4, 0.5) is 4.39 Å². The fourth-order valence-electron chi connectivity index (χ4n) is 3.26. The number of morpholine rings is 1. The third-order valence-electron chi connectivity index (χ3n) is 4.91. The molecule has 30 heavy (non-hydrogen) atoms. The van der Waals surface area contributed by atoms with Gasteiger partial charge in [-0.25, -0.2) is 9.07 Å². The summed E-state index contributed by atoms with van der Waals surface area (Å²) in [6.07, 6.45) is 0.212. The fraction of sp³-hybridized carbons (Fsp3) is 0.286. The molecule has 2 heterocycles. The van der Waals surface area contributed by atoms with Crippen LogP contribution in [0.1, 0.15) is 22.2 Å². The van der Waals surface area contributed by atoms with E-state index in [0.717, 1.165) is 5.56 Å². The van der Waals surface area contributed by atoms with E-state index in [0.29, 0.717) is 42.8 Å². The molecule has 0 bridgehead atoms. The van der Waals surface area contributed by atoms with E-state index < -0.39 is 5.25 Å². The van der Waals surface area contributed by atoms with Crippen molar-refractivity contribution in [1.82, 2.24) is 19.8 Å². The second-order valence-corrected chi connectivity index (χ2v) is 7.96. The Morgan fingerprint density at radius 2 is 1.80 bits per heavy atom. The SMILES string of the molecule is Nn1c(Cc2ccccc2F)nnc1S[C@H](C(=O)N1CCOCC1)c1ccccc1. The molecular weight excluding hydrogens is 405 g/mol. The number of nitrogen functional groups attached to an aromatic ring is 1. The maximum Gasteiger partial charge on any atom is 0.240 e. The highest BCUT2D eigenvalue weighted by molar-refractivity contribution is 8.00. The van der Waals surface area contributed by atoms with Gasteiger partial charge >= 0.3 is 0 Å². The summed E-state index contributed by atoms with van der Waals surface area (Å²) in [7, 11) is 0. The Hall–Kier alpha value is -2.91. The van der Waals surface area contributed by atoms with Gasteiger partial charge in [0.2, 0.25) is 11.1 Å². The fourth-order valence-corrected chi connectivity index (χ4v) is 4.32. The topological polar surface area (TPSA) is 86.3 Å². The second-order valence-electron chi connectivity index (χ2n) is 6.88. The van der Waals surface area contributed by atoms with Gasteiger partial charge < -0.3 is 15.5 Å². The van der Waals surface area contributed by atoms with E-state index in [-0.39, 0.29) is 18.1 Å². The summed E-state index contributed by atoms with van der Waals surface area (Å²) in [6, 6.07) is 16.0. The van der Waals surface area contributed by atoms with Gasteiger partial charge in [0.25, 0.3) is 0 Å². The van der Waals surface area contributed by atoms with Gasteiger partial charge in [0.1, 0.15) is 11.1 Å². The lowest BCUT2D eigenvalue weighted by Gasteiger charge is -2.30. The third kappa shape index (κ3) is 4.47. The number of amides is 1. The molecule has 3 aromatic rings. The third-order valence-corrected chi connectivity index (χ3v) is 6.11. The van der Waals surface area contributed by atoms with Crippen molar-refractivity contribution in [2.45, 2.75) is 16.8 Å². The molecule has 1 aliphatic rings.